The highest BCUT2D eigenvalue weighted by Crippen LogP contribution is 2.27. The first kappa shape index (κ1) is 18.8. The molecule has 0 aliphatic heterocycles. The Bertz CT molecular complexity index is 981. The van der Waals surface area contributed by atoms with Crippen LogP contribution in [-0.2, 0) is 6.54 Å². The SMILES string of the molecule is COc1ccnc(CN(C)C(=O)c2cc(F)cc(-c3ncccc3Cl)c2)c1. The van der Waals surface area contributed by atoms with Crippen LogP contribution < -0.4 is 4.74 Å². The van der Waals surface area contributed by atoms with Crippen LogP contribution in [0.15, 0.2) is 54.9 Å². The van der Waals surface area contributed by atoms with Gasteiger partial charge >= 0.3 is 0 Å². The van der Waals surface area contributed by atoms with Crippen LogP contribution in [0.3, 0.4) is 0 Å². The summed E-state index contributed by atoms with van der Waals surface area (Å²) in [5, 5.41) is 0.385. The number of nitrogens with zero attached hydrogens (tertiary/aromatic N) is 3. The van der Waals surface area contributed by atoms with Gasteiger partial charge < -0.3 is 9.64 Å². The number of aromatic nitrogens is 2. The van der Waals surface area contributed by atoms with E-state index >= 15 is 0 Å². The molecule has 1 aromatic carbocycles. The van der Waals surface area contributed by atoms with Crippen molar-refractivity contribution in [2.24, 2.45) is 0 Å². The Morgan fingerprint density at radius 1 is 1.19 bits per heavy atom. The minimum absolute atomic E-state index is 0.206. The molecule has 27 heavy (non-hydrogen) atoms. The van der Waals surface area contributed by atoms with E-state index < -0.39 is 5.82 Å². The van der Waals surface area contributed by atoms with E-state index in [1.54, 1.807) is 56.9 Å². The predicted molar refractivity (Wildman–Crippen MR) is 101 cm³/mol. The first-order chi connectivity index (χ1) is 13.0. The predicted octanol–water partition coefficient (Wildman–Crippen LogP) is 4.22. The van der Waals surface area contributed by atoms with Gasteiger partial charge in [-0.25, -0.2) is 4.39 Å². The van der Waals surface area contributed by atoms with Gasteiger partial charge in [0.2, 0.25) is 0 Å². The van der Waals surface area contributed by atoms with Gasteiger partial charge in [-0.05, 0) is 36.4 Å². The summed E-state index contributed by atoms with van der Waals surface area (Å²) in [5.74, 6) is -0.225. The Morgan fingerprint density at radius 3 is 2.74 bits per heavy atom. The van der Waals surface area contributed by atoms with Gasteiger partial charge in [0, 0.05) is 36.6 Å². The van der Waals surface area contributed by atoms with Crippen molar-refractivity contribution < 1.29 is 13.9 Å². The van der Waals surface area contributed by atoms with Crippen LogP contribution >= 0.6 is 11.6 Å². The van der Waals surface area contributed by atoms with Crippen LogP contribution in [0.4, 0.5) is 4.39 Å². The van der Waals surface area contributed by atoms with E-state index in [0.717, 1.165) is 0 Å². The average Bonchev–Trinajstić information content (AvgIpc) is 2.67. The van der Waals surface area contributed by atoms with E-state index in [2.05, 4.69) is 9.97 Å². The highest BCUT2D eigenvalue weighted by molar-refractivity contribution is 6.33. The molecule has 3 aromatic rings. The number of carbonyl (C=O) groups excluding carboxylic acids is 1. The highest BCUT2D eigenvalue weighted by Gasteiger charge is 2.16. The second-order valence-electron chi connectivity index (χ2n) is 5.91. The van der Waals surface area contributed by atoms with Crippen LogP contribution in [0, 0.1) is 5.82 Å². The van der Waals surface area contributed by atoms with Crippen molar-refractivity contribution in [2.45, 2.75) is 6.54 Å². The number of hydrogen-bond acceptors (Lipinski definition) is 4. The molecule has 2 aromatic heterocycles. The van der Waals surface area contributed by atoms with Crippen molar-refractivity contribution >= 4 is 17.5 Å². The minimum atomic E-state index is -0.537. The van der Waals surface area contributed by atoms with Gasteiger partial charge in [0.05, 0.1) is 30.1 Å². The summed E-state index contributed by atoms with van der Waals surface area (Å²) in [5.41, 5.74) is 1.73. The number of rotatable bonds is 5. The molecule has 0 saturated carbocycles. The van der Waals surface area contributed by atoms with Gasteiger partial charge in [-0.3, -0.25) is 14.8 Å². The van der Waals surface area contributed by atoms with Crippen molar-refractivity contribution in [3.05, 3.63) is 77.0 Å². The molecule has 0 saturated heterocycles. The zero-order chi connectivity index (χ0) is 19.4. The lowest BCUT2D eigenvalue weighted by Crippen LogP contribution is -2.26. The zero-order valence-corrected chi connectivity index (χ0v) is 15.6. The number of ether oxygens (including phenoxy) is 1. The Kier molecular flexibility index (Phi) is 5.66. The molecule has 0 aliphatic rings. The second kappa shape index (κ2) is 8.14. The van der Waals surface area contributed by atoms with Crippen molar-refractivity contribution in [3.63, 3.8) is 0 Å². The fourth-order valence-corrected chi connectivity index (χ4v) is 2.88. The number of benzene rings is 1. The third-order valence-corrected chi connectivity index (χ3v) is 4.25. The minimum Gasteiger partial charge on any atom is -0.497 e. The quantitative estimate of drug-likeness (QED) is 0.660. The summed E-state index contributed by atoms with van der Waals surface area (Å²) >= 11 is 6.14. The Balaban J connectivity index is 1.87. The zero-order valence-electron chi connectivity index (χ0n) is 14.8. The molecule has 3 rings (SSSR count). The number of pyridine rings is 2. The second-order valence-corrected chi connectivity index (χ2v) is 6.32. The first-order valence-electron chi connectivity index (χ1n) is 8.14. The summed E-state index contributed by atoms with van der Waals surface area (Å²) < 4.78 is 19.3. The third-order valence-electron chi connectivity index (χ3n) is 3.95. The van der Waals surface area contributed by atoms with Gasteiger partial charge in [0.25, 0.3) is 5.91 Å². The monoisotopic (exact) mass is 385 g/mol. The summed E-state index contributed by atoms with van der Waals surface area (Å²) in [7, 11) is 3.19. The van der Waals surface area contributed by atoms with Gasteiger partial charge in [-0.2, -0.15) is 0 Å². The maximum absolute atomic E-state index is 14.1. The lowest BCUT2D eigenvalue weighted by Gasteiger charge is -2.18. The molecule has 0 unspecified atom stereocenters. The number of halogens is 2. The maximum Gasteiger partial charge on any atom is 0.254 e. The highest BCUT2D eigenvalue weighted by atomic mass is 35.5. The summed E-state index contributed by atoms with van der Waals surface area (Å²) in [6, 6.07) is 10.9. The standard InChI is InChI=1S/C20H17ClFN3O2/c1-25(12-16-11-17(27-2)5-7-23-16)20(26)14-8-13(9-15(22)10-14)19-18(21)4-3-6-24-19/h3-11H,12H2,1-2H3. The molecular formula is C20H17ClFN3O2. The van der Waals surface area contributed by atoms with Gasteiger partial charge in [0.15, 0.2) is 0 Å². The lowest BCUT2D eigenvalue weighted by atomic mass is 10.1. The molecule has 7 heteroatoms. The van der Waals surface area contributed by atoms with Crippen LogP contribution in [0.2, 0.25) is 5.02 Å². The molecule has 5 nitrogen and oxygen atoms in total. The molecule has 0 N–H and O–H groups in total. The first-order valence-corrected chi connectivity index (χ1v) is 8.51. The Labute approximate surface area is 161 Å². The number of amides is 1. The van der Waals surface area contributed by atoms with Crippen molar-refractivity contribution in [2.75, 3.05) is 14.2 Å². The van der Waals surface area contributed by atoms with Crippen molar-refractivity contribution in [1.82, 2.24) is 14.9 Å². The van der Waals surface area contributed by atoms with Crippen LogP contribution in [0.25, 0.3) is 11.3 Å². The molecule has 0 aliphatic carbocycles. The molecule has 0 radical (unpaired) electrons. The largest absolute Gasteiger partial charge is 0.497 e. The summed E-state index contributed by atoms with van der Waals surface area (Å²) in [6.45, 7) is 0.256. The van der Waals surface area contributed by atoms with E-state index in [-0.39, 0.29) is 18.0 Å². The van der Waals surface area contributed by atoms with Gasteiger partial charge in [0.1, 0.15) is 11.6 Å². The molecule has 0 atom stereocenters. The van der Waals surface area contributed by atoms with Crippen molar-refractivity contribution in [1.29, 1.82) is 0 Å². The molecule has 1 amide bonds. The summed E-state index contributed by atoms with van der Waals surface area (Å²) in [6.07, 6.45) is 3.17. The normalized spacial score (nSPS) is 10.5. The maximum atomic E-state index is 14.1. The molecule has 0 fully saturated rings. The van der Waals surface area contributed by atoms with Gasteiger partial charge in [-0.1, -0.05) is 11.6 Å². The Hall–Kier alpha value is -2.99. The van der Waals surface area contributed by atoms with Crippen LogP contribution in [0.1, 0.15) is 16.1 Å². The smallest absolute Gasteiger partial charge is 0.254 e. The number of methoxy groups -OCH3 is 1. The van der Waals surface area contributed by atoms with Crippen LogP contribution in [0.5, 0.6) is 5.75 Å². The third kappa shape index (κ3) is 4.41. The van der Waals surface area contributed by atoms with Gasteiger partial charge in [-0.15, -0.1) is 0 Å². The van der Waals surface area contributed by atoms with Crippen LogP contribution in [-0.4, -0.2) is 34.9 Å². The number of carbonyl (C=O) groups is 1. The molecular weight excluding hydrogens is 369 g/mol. The number of hydrogen-bond donors (Lipinski definition) is 0. The Morgan fingerprint density at radius 2 is 2.00 bits per heavy atom. The van der Waals surface area contributed by atoms with E-state index in [9.17, 15) is 9.18 Å². The molecule has 0 bridgehead atoms. The van der Waals surface area contributed by atoms with E-state index in [4.69, 9.17) is 16.3 Å². The lowest BCUT2D eigenvalue weighted by molar-refractivity contribution is 0.0783. The average molecular weight is 386 g/mol. The fraction of sp³-hybridized carbons (Fsp3) is 0.150. The van der Waals surface area contributed by atoms with E-state index in [1.807, 2.05) is 0 Å². The van der Waals surface area contributed by atoms with Crippen molar-refractivity contribution in [3.8, 4) is 17.0 Å². The molecule has 2 heterocycles. The van der Waals surface area contributed by atoms with E-state index in [1.165, 1.54) is 17.0 Å². The molecule has 0 spiro atoms. The van der Waals surface area contributed by atoms with E-state index in [0.29, 0.717) is 27.7 Å². The topological polar surface area (TPSA) is 55.3 Å². The fourth-order valence-electron chi connectivity index (χ4n) is 2.65. The molecule has 138 valence electrons. The summed E-state index contributed by atoms with van der Waals surface area (Å²) in [4.78, 5) is 22.6.